The molecule has 0 spiro atoms. The fourth-order valence-electron chi connectivity index (χ4n) is 0.903. The van der Waals surface area contributed by atoms with Crippen LogP contribution in [0.3, 0.4) is 0 Å². The number of aliphatic carboxylic acids is 1. The Balaban J connectivity index is 0. The first-order chi connectivity index (χ1) is 6.50. The highest BCUT2D eigenvalue weighted by atomic mass is 16.4. The smallest absolute Gasteiger partial charge is 0.300 e. The third-order valence-electron chi connectivity index (χ3n) is 1.53. The molecule has 0 aliphatic heterocycles. The van der Waals surface area contributed by atoms with Gasteiger partial charge in [0.15, 0.2) is 0 Å². The Hall–Kier alpha value is -1.06. The Morgan fingerprint density at radius 1 is 1.14 bits per heavy atom. The van der Waals surface area contributed by atoms with Gasteiger partial charge < -0.3 is 10.8 Å². The fraction of sp³-hybridized carbons (Fsp3) is 0.800. The molecule has 0 atom stereocenters. The van der Waals surface area contributed by atoms with Crippen LogP contribution in [-0.2, 0) is 9.59 Å². The summed E-state index contributed by atoms with van der Waals surface area (Å²) in [4.78, 5) is 19.3. The van der Waals surface area contributed by atoms with Crippen LogP contribution >= 0.6 is 0 Å². The molecule has 0 aromatic carbocycles. The zero-order chi connectivity index (χ0) is 11.4. The summed E-state index contributed by atoms with van der Waals surface area (Å²) in [5, 5.41) is 7.42. The second kappa shape index (κ2) is 11.9. The zero-order valence-corrected chi connectivity index (χ0v) is 9.08. The number of amides is 1. The lowest BCUT2D eigenvalue weighted by Crippen LogP contribution is -2.09. The molecular formula is C10H21NO3. The predicted molar refractivity (Wildman–Crippen MR) is 55.9 cm³/mol. The van der Waals surface area contributed by atoms with Gasteiger partial charge in [-0.15, -0.1) is 0 Å². The van der Waals surface area contributed by atoms with Crippen LogP contribution in [0.2, 0.25) is 0 Å². The highest BCUT2D eigenvalue weighted by Crippen LogP contribution is 2.03. The van der Waals surface area contributed by atoms with Crippen molar-refractivity contribution in [3.8, 4) is 0 Å². The van der Waals surface area contributed by atoms with Crippen molar-refractivity contribution in [1.29, 1.82) is 0 Å². The van der Waals surface area contributed by atoms with E-state index >= 15 is 0 Å². The van der Waals surface area contributed by atoms with Crippen molar-refractivity contribution >= 4 is 11.9 Å². The van der Waals surface area contributed by atoms with E-state index in [0.29, 0.717) is 6.42 Å². The van der Waals surface area contributed by atoms with Gasteiger partial charge >= 0.3 is 0 Å². The first-order valence-electron chi connectivity index (χ1n) is 4.98. The normalized spacial score (nSPS) is 8.71. The van der Waals surface area contributed by atoms with Crippen LogP contribution < -0.4 is 5.73 Å². The number of carbonyl (C=O) groups excluding carboxylic acids is 1. The van der Waals surface area contributed by atoms with Crippen molar-refractivity contribution in [2.45, 2.75) is 52.4 Å². The van der Waals surface area contributed by atoms with Crippen LogP contribution in [0.1, 0.15) is 52.4 Å². The summed E-state index contributed by atoms with van der Waals surface area (Å²) in [6, 6.07) is 0. The Labute approximate surface area is 85.5 Å². The van der Waals surface area contributed by atoms with E-state index in [4.69, 9.17) is 15.6 Å². The molecule has 0 aliphatic rings. The van der Waals surface area contributed by atoms with E-state index in [2.05, 4.69) is 6.92 Å². The summed E-state index contributed by atoms with van der Waals surface area (Å²) < 4.78 is 0. The molecule has 4 nitrogen and oxygen atoms in total. The molecule has 84 valence electrons. The first-order valence-corrected chi connectivity index (χ1v) is 4.98. The second-order valence-electron chi connectivity index (χ2n) is 3.15. The van der Waals surface area contributed by atoms with Crippen molar-refractivity contribution < 1.29 is 14.7 Å². The molecule has 0 unspecified atom stereocenters. The number of carbonyl (C=O) groups is 2. The molecule has 3 N–H and O–H groups in total. The van der Waals surface area contributed by atoms with Gasteiger partial charge in [0.05, 0.1) is 0 Å². The largest absolute Gasteiger partial charge is 0.481 e. The van der Waals surface area contributed by atoms with Gasteiger partial charge in [0.2, 0.25) is 5.91 Å². The van der Waals surface area contributed by atoms with Crippen LogP contribution in [0, 0.1) is 0 Å². The maximum absolute atomic E-state index is 10.3. The molecule has 14 heavy (non-hydrogen) atoms. The van der Waals surface area contributed by atoms with Gasteiger partial charge in [-0.2, -0.15) is 0 Å². The zero-order valence-electron chi connectivity index (χ0n) is 9.08. The maximum Gasteiger partial charge on any atom is 0.300 e. The monoisotopic (exact) mass is 203 g/mol. The molecule has 0 heterocycles. The molecular weight excluding hydrogens is 182 g/mol. The van der Waals surface area contributed by atoms with Gasteiger partial charge in [0.25, 0.3) is 5.97 Å². The van der Waals surface area contributed by atoms with Gasteiger partial charge in [-0.05, 0) is 6.42 Å². The van der Waals surface area contributed by atoms with Crippen LogP contribution in [0.5, 0.6) is 0 Å². The maximum atomic E-state index is 10.3. The Bertz CT molecular complexity index is 153. The van der Waals surface area contributed by atoms with E-state index in [1.807, 2.05) is 0 Å². The highest BCUT2D eigenvalue weighted by Gasteiger charge is 1.92. The molecule has 1 amide bonds. The number of primary amides is 1. The van der Waals surface area contributed by atoms with Gasteiger partial charge in [-0.1, -0.05) is 32.6 Å². The molecule has 0 aliphatic carbocycles. The lowest BCUT2D eigenvalue weighted by Gasteiger charge is -1.95. The first kappa shape index (κ1) is 15.4. The van der Waals surface area contributed by atoms with Crippen molar-refractivity contribution in [3.63, 3.8) is 0 Å². The Morgan fingerprint density at radius 3 is 1.93 bits per heavy atom. The summed E-state index contributed by atoms with van der Waals surface area (Å²) in [6.45, 7) is 3.26. The van der Waals surface area contributed by atoms with Gasteiger partial charge in [0, 0.05) is 13.3 Å². The minimum absolute atomic E-state index is 0.170. The lowest BCUT2D eigenvalue weighted by atomic mass is 10.1. The topological polar surface area (TPSA) is 80.4 Å². The van der Waals surface area contributed by atoms with E-state index in [1.54, 1.807) is 0 Å². The average molecular weight is 203 g/mol. The molecule has 0 saturated carbocycles. The third-order valence-corrected chi connectivity index (χ3v) is 1.53. The quantitative estimate of drug-likeness (QED) is 0.647. The number of rotatable bonds is 6. The molecule has 0 rings (SSSR count). The summed E-state index contributed by atoms with van der Waals surface area (Å²) in [5.41, 5.74) is 4.97. The average Bonchev–Trinajstić information content (AvgIpc) is 2.02. The van der Waals surface area contributed by atoms with E-state index < -0.39 is 5.97 Å². The fourth-order valence-corrected chi connectivity index (χ4v) is 0.903. The van der Waals surface area contributed by atoms with Crippen LogP contribution in [0.25, 0.3) is 0 Å². The van der Waals surface area contributed by atoms with Crippen LogP contribution in [0.4, 0.5) is 0 Å². The van der Waals surface area contributed by atoms with Crippen molar-refractivity contribution in [3.05, 3.63) is 0 Å². The van der Waals surface area contributed by atoms with E-state index in [-0.39, 0.29) is 5.91 Å². The van der Waals surface area contributed by atoms with Crippen molar-refractivity contribution in [2.24, 2.45) is 5.73 Å². The Morgan fingerprint density at radius 2 is 1.57 bits per heavy atom. The second-order valence-corrected chi connectivity index (χ2v) is 3.15. The summed E-state index contributed by atoms with van der Waals surface area (Å²) in [6.07, 6.45) is 6.44. The number of carboxylic acid groups (broad SMARTS) is 1. The van der Waals surface area contributed by atoms with Crippen molar-refractivity contribution in [2.75, 3.05) is 0 Å². The number of hydrogen-bond donors (Lipinski definition) is 2. The Kier molecular flexibility index (Phi) is 13.1. The van der Waals surface area contributed by atoms with Gasteiger partial charge in [0.1, 0.15) is 0 Å². The molecule has 0 saturated heterocycles. The number of nitrogens with two attached hydrogens (primary N) is 1. The lowest BCUT2D eigenvalue weighted by molar-refractivity contribution is -0.134. The molecule has 4 heteroatoms. The standard InChI is InChI=1S/C8H17NO.C2H4O2/c1-2-3-4-5-6-7-8(9)10;1-2(3)4/h2-7H2,1H3,(H2,9,10);1H3,(H,3,4). The molecule has 0 aromatic heterocycles. The number of unbranched alkanes of at least 4 members (excludes halogenated alkanes) is 4. The SMILES string of the molecule is CC(=O)O.CCCCCCCC(N)=O. The summed E-state index contributed by atoms with van der Waals surface area (Å²) >= 11 is 0. The van der Waals surface area contributed by atoms with Gasteiger partial charge in [-0.3, -0.25) is 9.59 Å². The van der Waals surface area contributed by atoms with Crippen LogP contribution in [-0.4, -0.2) is 17.0 Å². The predicted octanol–water partition coefficient (Wildman–Crippen LogP) is 1.92. The van der Waals surface area contributed by atoms with E-state index in [0.717, 1.165) is 19.8 Å². The minimum Gasteiger partial charge on any atom is -0.481 e. The van der Waals surface area contributed by atoms with Crippen LogP contribution in [0.15, 0.2) is 0 Å². The van der Waals surface area contributed by atoms with E-state index in [9.17, 15) is 4.79 Å². The molecule has 0 fully saturated rings. The van der Waals surface area contributed by atoms with E-state index in [1.165, 1.54) is 19.3 Å². The highest BCUT2D eigenvalue weighted by molar-refractivity contribution is 5.73. The number of carboxylic acids is 1. The van der Waals surface area contributed by atoms with Gasteiger partial charge in [-0.25, -0.2) is 0 Å². The number of hydrogen-bond acceptors (Lipinski definition) is 2. The third kappa shape index (κ3) is 30.6. The van der Waals surface area contributed by atoms with Crippen molar-refractivity contribution in [1.82, 2.24) is 0 Å². The molecule has 0 bridgehead atoms. The molecule has 0 aromatic rings. The summed E-state index contributed by atoms with van der Waals surface area (Å²) in [7, 11) is 0. The molecule has 0 radical (unpaired) electrons. The minimum atomic E-state index is -0.833. The summed E-state index contributed by atoms with van der Waals surface area (Å²) in [5.74, 6) is -1.00.